The lowest BCUT2D eigenvalue weighted by Gasteiger charge is -2.37. The highest BCUT2D eigenvalue weighted by molar-refractivity contribution is 7.10. The van der Waals surface area contributed by atoms with E-state index in [4.69, 9.17) is 5.73 Å². The number of carbonyl (C=O) groups is 1. The van der Waals surface area contributed by atoms with Crippen molar-refractivity contribution in [2.75, 3.05) is 20.6 Å². The minimum atomic E-state index is -0.605. The molecular formula is C13H21N3OS. The summed E-state index contributed by atoms with van der Waals surface area (Å²) >= 11 is 1.71. The number of amides is 1. The highest BCUT2D eigenvalue weighted by atomic mass is 32.1. The number of hydrogen-bond donors (Lipinski definition) is 2. The van der Waals surface area contributed by atoms with Crippen molar-refractivity contribution in [1.82, 2.24) is 10.2 Å². The van der Waals surface area contributed by atoms with Crippen LogP contribution < -0.4 is 11.1 Å². The van der Waals surface area contributed by atoms with Crippen molar-refractivity contribution in [3.63, 3.8) is 0 Å². The van der Waals surface area contributed by atoms with Crippen LogP contribution in [0.25, 0.3) is 0 Å². The van der Waals surface area contributed by atoms with E-state index in [1.807, 2.05) is 20.2 Å². The van der Waals surface area contributed by atoms with Crippen LogP contribution >= 0.6 is 11.3 Å². The first-order valence-electron chi connectivity index (χ1n) is 6.30. The summed E-state index contributed by atoms with van der Waals surface area (Å²) in [7, 11) is 4.05. The normalized spacial score (nSPS) is 19.3. The van der Waals surface area contributed by atoms with Gasteiger partial charge in [-0.2, -0.15) is 0 Å². The van der Waals surface area contributed by atoms with Crippen LogP contribution in [0.3, 0.4) is 0 Å². The van der Waals surface area contributed by atoms with E-state index in [1.165, 1.54) is 4.88 Å². The molecule has 1 aliphatic carbocycles. The molecule has 2 rings (SSSR count). The molecule has 4 nitrogen and oxygen atoms in total. The number of nitrogens with one attached hydrogen (secondary N) is 1. The van der Waals surface area contributed by atoms with Crippen molar-refractivity contribution in [2.45, 2.75) is 30.8 Å². The first-order valence-corrected chi connectivity index (χ1v) is 7.18. The fourth-order valence-electron chi connectivity index (χ4n) is 2.17. The maximum atomic E-state index is 12.0. The van der Waals surface area contributed by atoms with Crippen LogP contribution in [-0.4, -0.2) is 37.0 Å². The van der Waals surface area contributed by atoms with E-state index in [9.17, 15) is 4.79 Å². The van der Waals surface area contributed by atoms with Gasteiger partial charge in [-0.15, -0.1) is 11.3 Å². The molecule has 1 amide bonds. The van der Waals surface area contributed by atoms with Gasteiger partial charge in [-0.1, -0.05) is 6.07 Å². The highest BCUT2D eigenvalue weighted by Gasteiger charge is 2.40. The summed E-state index contributed by atoms with van der Waals surface area (Å²) in [5, 5.41) is 5.06. The van der Waals surface area contributed by atoms with Crippen molar-refractivity contribution >= 4 is 17.2 Å². The third-order valence-electron chi connectivity index (χ3n) is 3.65. The summed E-state index contributed by atoms with van der Waals surface area (Å²) in [6.45, 7) is 0.616. The maximum absolute atomic E-state index is 12.0. The Labute approximate surface area is 112 Å². The van der Waals surface area contributed by atoms with E-state index < -0.39 is 5.54 Å². The number of carbonyl (C=O) groups excluding carboxylic acids is 1. The molecule has 0 aromatic carbocycles. The average Bonchev–Trinajstić information content (AvgIpc) is 2.79. The van der Waals surface area contributed by atoms with Gasteiger partial charge in [0.1, 0.15) is 0 Å². The molecule has 1 heterocycles. The summed E-state index contributed by atoms with van der Waals surface area (Å²) < 4.78 is 0. The lowest BCUT2D eigenvalue weighted by Crippen LogP contribution is -2.59. The minimum absolute atomic E-state index is 0.00263. The Morgan fingerprint density at radius 1 is 1.61 bits per heavy atom. The molecule has 0 bridgehead atoms. The average molecular weight is 267 g/mol. The molecule has 1 unspecified atom stereocenters. The van der Waals surface area contributed by atoms with Crippen molar-refractivity contribution in [3.8, 4) is 0 Å². The zero-order valence-corrected chi connectivity index (χ0v) is 11.8. The molecule has 0 saturated heterocycles. The summed E-state index contributed by atoms with van der Waals surface area (Å²) in [4.78, 5) is 15.4. The van der Waals surface area contributed by atoms with Gasteiger partial charge in [-0.05, 0) is 44.8 Å². The van der Waals surface area contributed by atoms with Gasteiger partial charge in [0.15, 0.2) is 0 Å². The summed E-state index contributed by atoms with van der Waals surface area (Å²) in [6.07, 6.45) is 2.68. The van der Waals surface area contributed by atoms with E-state index >= 15 is 0 Å². The van der Waals surface area contributed by atoms with Crippen LogP contribution in [0.2, 0.25) is 0 Å². The Bertz CT molecular complexity index is 398. The lowest BCUT2D eigenvalue weighted by molar-refractivity contribution is -0.129. The summed E-state index contributed by atoms with van der Waals surface area (Å²) in [6, 6.07) is 4.36. The molecule has 1 aromatic heterocycles. The number of rotatable bonds is 5. The monoisotopic (exact) mass is 267 g/mol. The quantitative estimate of drug-likeness (QED) is 0.846. The van der Waals surface area contributed by atoms with Gasteiger partial charge >= 0.3 is 0 Å². The molecule has 100 valence electrons. The number of likely N-dealkylation sites (N-methyl/N-ethyl adjacent to an activating group) is 1. The molecule has 0 radical (unpaired) electrons. The van der Waals surface area contributed by atoms with Crippen LogP contribution in [0.4, 0.5) is 0 Å². The molecule has 0 spiro atoms. The number of nitrogens with zero attached hydrogens (tertiary/aromatic N) is 1. The Balaban J connectivity index is 1.92. The fraction of sp³-hybridized carbons (Fsp3) is 0.615. The van der Waals surface area contributed by atoms with E-state index in [0.717, 1.165) is 19.3 Å². The number of nitrogens with two attached hydrogens (primary N) is 1. The zero-order valence-electron chi connectivity index (χ0n) is 11.0. The van der Waals surface area contributed by atoms with Gasteiger partial charge in [0.25, 0.3) is 0 Å². The standard InChI is InChI=1S/C13H21N3OS/c1-16(2)10(11-5-3-8-18-11)9-15-12(17)13(14)6-4-7-13/h3,5,8,10H,4,6-7,9,14H2,1-2H3,(H,15,17). The van der Waals surface area contributed by atoms with E-state index in [-0.39, 0.29) is 11.9 Å². The van der Waals surface area contributed by atoms with Gasteiger partial charge in [0.05, 0.1) is 11.6 Å². The first-order chi connectivity index (χ1) is 8.53. The maximum Gasteiger partial charge on any atom is 0.240 e. The third kappa shape index (κ3) is 2.74. The topological polar surface area (TPSA) is 58.4 Å². The second-order valence-corrected chi connectivity index (χ2v) is 6.19. The molecule has 5 heteroatoms. The molecule has 1 aliphatic rings. The van der Waals surface area contributed by atoms with Crippen molar-refractivity contribution in [3.05, 3.63) is 22.4 Å². The Morgan fingerprint density at radius 3 is 2.78 bits per heavy atom. The lowest BCUT2D eigenvalue weighted by atomic mass is 9.77. The van der Waals surface area contributed by atoms with E-state index in [2.05, 4.69) is 21.7 Å². The smallest absolute Gasteiger partial charge is 0.240 e. The van der Waals surface area contributed by atoms with Crippen LogP contribution in [0.5, 0.6) is 0 Å². The van der Waals surface area contributed by atoms with Crippen LogP contribution in [0, 0.1) is 0 Å². The van der Waals surface area contributed by atoms with Crippen molar-refractivity contribution in [1.29, 1.82) is 0 Å². The van der Waals surface area contributed by atoms with Gasteiger partial charge in [0.2, 0.25) is 5.91 Å². The Hall–Kier alpha value is -0.910. The summed E-state index contributed by atoms with van der Waals surface area (Å²) in [5.41, 5.74) is 5.40. The molecule has 3 N–H and O–H groups in total. The molecule has 1 aromatic rings. The first kappa shape index (κ1) is 13.5. The molecule has 1 atom stereocenters. The number of thiophene rings is 1. The van der Waals surface area contributed by atoms with Crippen molar-refractivity contribution in [2.24, 2.45) is 5.73 Å². The Morgan fingerprint density at radius 2 is 2.33 bits per heavy atom. The number of hydrogen-bond acceptors (Lipinski definition) is 4. The van der Waals surface area contributed by atoms with Crippen molar-refractivity contribution < 1.29 is 4.79 Å². The minimum Gasteiger partial charge on any atom is -0.353 e. The fourth-order valence-corrected chi connectivity index (χ4v) is 3.09. The van der Waals surface area contributed by atoms with Crippen LogP contribution in [0.15, 0.2) is 17.5 Å². The molecule has 0 aliphatic heterocycles. The predicted molar refractivity (Wildman–Crippen MR) is 74.5 cm³/mol. The molecule has 18 heavy (non-hydrogen) atoms. The molecular weight excluding hydrogens is 246 g/mol. The second kappa shape index (κ2) is 5.38. The highest BCUT2D eigenvalue weighted by Crippen LogP contribution is 2.29. The van der Waals surface area contributed by atoms with E-state index in [0.29, 0.717) is 6.54 Å². The summed E-state index contributed by atoms with van der Waals surface area (Å²) in [5.74, 6) is -0.00263. The van der Waals surface area contributed by atoms with Gasteiger partial charge in [-0.3, -0.25) is 4.79 Å². The van der Waals surface area contributed by atoms with Gasteiger partial charge in [0, 0.05) is 11.4 Å². The second-order valence-electron chi connectivity index (χ2n) is 5.21. The van der Waals surface area contributed by atoms with Crippen LogP contribution in [0.1, 0.15) is 30.2 Å². The van der Waals surface area contributed by atoms with E-state index in [1.54, 1.807) is 11.3 Å². The van der Waals surface area contributed by atoms with Gasteiger partial charge in [-0.25, -0.2) is 0 Å². The van der Waals surface area contributed by atoms with Gasteiger partial charge < -0.3 is 16.0 Å². The predicted octanol–water partition coefficient (Wildman–Crippen LogP) is 1.35. The molecule has 1 fully saturated rings. The molecule has 1 saturated carbocycles. The largest absolute Gasteiger partial charge is 0.353 e. The SMILES string of the molecule is CN(C)C(CNC(=O)C1(N)CCC1)c1cccs1. The third-order valence-corrected chi connectivity index (χ3v) is 4.62. The van der Waals surface area contributed by atoms with Crippen LogP contribution in [-0.2, 0) is 4.79 Å². The Kier molecular flexibility index (Phi) is 4.04. The zero-order chi connectivity index (χ0) is 13.2.